The van der Waals surface area contributed by atoms with Crippen molar-refractivity contribution in [1.29, 1.82) is 0 Å². The number of rotatable bonds is 3. The molecule has 1 N–H and O–H groups in total. The number of hydrazone groups is 1. The van der Waals surface area contributed by atoms with E-state index in [0.29, 0.717) is 22.0 Å². The van der Waals surface area contributed by atoms with Gasteiger partial charge >= 0.3 is 0 Å². The van der Waals surface area contributed by atoms with E-state index in [9.17, 15) is 4.79 Å². The van der Waals surface area contributed by atoms with E-state index in [0.717, 1.165) is 0 Å². The molecule has 0 radical (unpaired) electrons. The lowest BCUT2D eigenvalue weighted by molar-refractivity contribution is 0.0955. The smallest absolute Gasteiger partial charge is 0.267 e. The summed E-state index contributed by atoms with van der Waals surface area (Å²) in [4.78, 5) is 16.1. The van der Waals surface area contributed by atoms with E-state index >= 15 is 0 Å². The molecule has 0 aliphatic rings. The molecule has 0 aliphatic carbocycles. The number of amides is 1. The predicted molar refractivity (Wildman–Crippen MR) is 80.4 cm³/mol. The number of pyridine rings is 1. The fourth-order valence-corrected chi connectivity index (χ4v) is 2.00. The van der Waals surface area contributed by atoms with Crippen molar-refractivity contribution in [2.45, 2.75) is 6.92 Å². The minimum atomic E-state index is -0.401. The molecule has 1 amide bonds. The number of carbonyl (C=O) groups is 1. The number of halogens is 2. The zero-order valence-electron chi connectivity index (χ0n) is 10.6. The second-order valence-electron chi connectivity index (χ2n) is 3.98. The minimum Gasteiger partial charge on any atom is -0.267 e. The summed E-state index contributed by atoms with van der Waals surface area (Å²) < 4.78 is 0. The molecule has 1 aromatic heterocycles. The number of carbonyl (C=O) groups excluding carboxylic acids is 1. The quantitative estimate of drug-likeness (QED) is 0.696. The number of nitrogens with zero attached hydrogens (tertiary/aromatic N) is 2. The van der Waals surface area contributed by atoms with Gasteiger partial charge in [0.2, 0.25) is 0 Å². The van der Waals surface area contributed by atoms with Gasteiger partial charge in [-0.25, -0.2) is 5.43 Å². The van der Waals surface area contributed by atoms with Gasteiger partial charge in [-0.3, -0.25) is 9.78 Å². The molecular formula is C14H11Cl2N3O. The monoisotopic (exact) mass is 307 g/mol. The Balaban J connectivity index is 2.12. The van der Waals surface area contributed by atoms with Crippen LogP contribution in [0.25, 0.3) is 0 Å². The van der Waals surface area contributed by atoms with Crippen LogP contribution in [0.2, 0.25) is 10.0 Å². The second kappa shape index (κ2) is 6.50. The van der Waals surface area contributed by atoms with Crippen LogP contribution in [0.15, 0.2) is 47.7 Å². The highest BCUT2D eigenvalue weighted by Gasteiger charge is 2.10. The SMILES string of the molecule is C/C(=N/NC(=O)c1ccc(Cl)cc1Cl)c1ccccn1. The standard InChI is InChI=1S/C14H11Cl2N3O/c1-9(13-4-2-3-7-17-13)18-19-14(20)11-6-5-10(15)8-12(11)16/h2-8H,1H3,(H,19,20)/b18-9-. The third kappa shape index (κ3) is 3.56. The largest absolute Gasteiger partial charge is 0.272 e. The van der Waals surface area contributed by atoms with Crippen LogP contribution in [-0.2, 0) is 0 Å². The maximum atomic E-state index is 11.9. The zero-order valence-corrected chi connectivity index (χ0v) is 12.1. The molecule has 1 aromatic carbocycles. The fraction of sp³-hybridized carbons (Fsp3) is 0.0714. The van der Waals surface area contributed by atoms with Crippen LogP contribution in [0.3, 0.4) is 0 Å². The first-order chi connectivity index (χ1) is 9.58. The number of nitrogens with one attached hydrogen (secondary N) is 1. The summed E-state index contributed by atoms with van der Waals surface area (Å²) in [7, 11) is 0. The Bertz CT molecular complexity index is 657. The van der Waals surface area contributed by atoms with Crippen LogP contribution in [0.1, 0.15) is 23.0 Å². The van der Waals surface area contributed by atoms with Crippen molar-refractivity contribution in [1.82, 2.24) is 10.4 Å². The van der Waals surface area contributed by atoms with Gasteiger partial charge in [-0.1, -0.05) is 29.3 Å². The molecule has 4 nitrogen and oxygen atoms in total. The Labute approximate surface area is 126 Å². The average molecular weight is 308 g/mol. The number of benzene rings is 1. The van der Waals surface area contributed by atoms with Crippen molar-refractivity contribution in [3.8, 4) is 0 Å². The van der Waals surface area contributed by atoms with Gasteiger partial charge in [-0.15, -0.1) is 0 Å². The van der Waals surface area contributed by atoms with Crippen molar-refractivity contribution in [3.05, 3.63) is 63.9 Å². The molecule has 0 atom stereocenters. The van der Waals surface area contributed by atoms with Crippen molar-refractivity contribution in [2.75, 3.05) is 0 Å². The van der Waals surface area contributed by atoms with E-state index in [1.54, 1.807) is 31.3 Å². The van der Waals surface area contributed by atoms with Crippen molar-refractivity contribution in [3.63, 3.8) is 0 Å². The van der Waals surface area contributed by atoms with Crippen molar-refractivity contribution < 1.29 is 4.79 Å². The first kappa shape index (κ1) is 14.5. The zero-order chi connectivity index (χ0) is 14.5. The van der Waals surface area contributed by atoms with Gasteiger partial charge in [0, 0.05) is 11.2 Å². The van der Waals surface area contributed by atoms with Crippen LogP contribution in [-0.4, -0.2) is 16.6 Å². The molecule has 0 saturated carbocycles. The third-order valence-electron chi connectivity index (χ3n) is 2.54. The summed E-state index contributed by atoms with van der Waals surface area (Å²) in [6.07, 6.45) is 1.66. The number of aromatic nitrogens is 1. The summed E-state index contributed by atoms with van der Waals surface area (Å²) in [6, 6.07) is 10.1. The van der Waals surface area contributed by atoms with Crippen LogP contribution < -0.4 is 5.43 Å². The van der Waals surface area contributed by atoms with E-state index in [4.69, 9.17) is 23.2 Å². The van der Waals surface area contributed by atoms with Gasteiger partial charge in [0.1, 0.15) is 0 Å². The van der Waals surface area contributed by atoms with Gasteiger partial charge in [-0.2, -0.15) is 5.10 Å². The molecule has 2 aromatic rings. The molecule has 0 fully saturated rings. The minimum absolute atomic E-state index is 0.278. The normalized spacial score (nSPS) is 11.2. The first-order valence-electron chi connectivity index (χ1n) is 5.79. The van der Waals surface area contributed by atoms with Gasteiger partial charge in [0.25, 0.3) is 5.91 Å². The van der Waals surface area contributed by atoms with Crippen LogP contribution >= 0.6 is 23.2 Å². The van der Waals surface area contributed by atoms with Gasteiger partial charge < -0.3 is 0 Å². The van der Waals surface area contributed by atoms with E-state index in [2.05, 4.69) is 15.5 Å². The Hall–Kier alpha value is -1.91. The fourth-order valence-electron chi connectivity index (χ4n) is 1.50. The van der Waals surface area contributed by atoms with Crippen LogP contribution in [0, 0.1) is 0 Å². The summed E-state index contributed by atoms with van der Waals surface area (Å²) in [5.74, 6) is -0.401. The summed E-state index contributed by atoms with van der Waals surface area (Å²) in [6.45, 7) is 1.76. The molecule has 102 valence electrons. The second-order valence-corrected chi connectivity index (χ2v) is 4.82. The molecule has 0 saturated heterocycles. The molecule has 0 unspecified atom stereocenters. The van der Waals surface area contributed by atoms with Crippen LogP contribution in [0.4, 0.5) is 0 Å². The Morgan fingerprint density at radius 2 is 2.05 bits per heavy atom. The lowest BCUT2D eigenvalue weighted by atomic mass is 10.2. The van der Waals surface area contributed by atoms with Crippen molar-refractivity contribution in [2.24, 2.45) is 5.10 Å². The van der Waals surface area contributed by atoms with Crippen LogP contribution in [0.5, 0.6) is 0 Å². The molecule has 0 aliphatic heterocycles. The summed E-state index contributed by atoms with van der Waals surface area (Å²) in [5.41, 5.74) is 4.04. The molecule has 20 heavy (non-hydrogen) atoms. The Morgan fingerprint density at radius 3 is 2.70 bits per heavy atom. The molecular weight excluding hydrogens is 297 g/mol. The predicted octanol–water partition coefficient (Wildman–Crippen LogP) is 3.54. The molecule has 2 rings (SSSR count). The molecule has 0 spiro atoms. The summed E-state index contributed by atoms with van der Waals surface area (Å²) >= 11 is 11.7. The molecule has 0 bridgehead atoms. The average Bonchev–Trinajstić information content (AvgIpc) is 2.45. The van der Waals surface area contributed by atoms with E-state index in [1.807, 2.05) is 12.1 Å². The lowest BCUT2D eigenvalue weighted by Gasteiger charge is -2.04. The Morgan fingerprint density at radius 1 is 1.25 bits per heavy atom. The van der Waals surface area contributed by atoms with Crippen molar-refractivity contribution >= 4 is 34.8 Å². The highest BCUT2D eigenvalue weighted by atomic mass is 35.5. The molecule has 6 heteroatoms. The lowest BCUT2D eigenvalue weighted by Crippen LogP contribution is -2.20. The summed E-state index contributed by atoms with van der Waals surface area (Å²) in [5, 5.41) is 4.75. The Kier molecular flexibility index (Phi) is 4.71. The van der Waals surface area contributed by atoms with E-state index < -0.39 is 5.91 Å². The van der Waals surface area contributed by atoms with E-state index in [1.165, 1.54) is 6.07 Å². The topological polar surface area (TPSA) is 54.4 Å². The first-order valence-corrected chi connectivity index (χ1v) is 6.54. The number of hydrogen-bond donors (Lipinski definition) is 1. The maximum absolute atomic E-state index is 11.9. The third-order valence-corrected chi connectivity index (χ3v) is 3.08. The van der Waals surface area contributed by atoms with Gasteiger partial charge in [0.05, 0.1) is 22.0 Å². The van der Waals surface area contributed by atoms with Gasteiger partial charge in [-0.05, 0) is 37.3 Å². The van der Waals surface area contributed by atoms with Gasteiger partial charge in [0.15, 0.2) is 0 Å². The maximum Gasteiger partial charge on any atom is 0.272 e. The highest BCUT2D eigenvalue weighted by molar-refractivity contribution is 6.36. The molecule has 1 heterocycles. The van der Waals surface area contributed by atoms with E-state index in [-0.39, 0.29) is 5.02 Å². The number of hydrogen-bond acceptors (Lipinski definition) is 3. The highest BCUT2D eigenvalue weighted by Crippen LogP contribution is 2.20.